The van der Waals surface area contributed by atoms with E-state index in [2.05, 4.69) is 5.32 Å². The topological polar surface area (TPSA) is 67.9 Å². The lowest BCUT2D eigenvalue weighted by Crippen LogP contribution is -2.61. The van der Waals surface area contributed by atoms with Gasteiger partial charge in [-0.25, -0.2) is 9.18 Å². The summed E-state index contributed by atoms with van der Waals surface area (Å²) < 4.78 is 23.5. The molecule has 0 aromatic heterocycles. The van der Waals surface area contributed by atoms with Crippen LogP contribution in [0.4, 0.5) is 9.18 Å². The Kier molecular flexibility index (Phi) is 3.98. The number of hydrogen-bond acceptors (Lipinski definition) is 4. The molecule has 2 amide bonds. The van der Waals surface area contributed by atoms with Crippen molar-refractivity contribution in [2.75, 3.05) is 26.3 Å². The van der Waals surface area contributed by atoms with Gasteiger partial charge in [0.25, 0.3) is 0 Å². The molecule has 3 fully saturated rings. The van der Waals surface area contributed by atoms with E-state index in [1.165, 1.54) is 18.2 Å². The summed E-state index contributed by atoms with van der Waals surface area (Å²) in [7, 11) is 0. The highest BCUT2D eigenvalue weighted by atomic mass is 35.5. The molecule has 0 radical (unpaired) electrons. The van der Waals surface area contributed by atoms with Crippen molar-refractivity contribution in [1.29, 1.82) is 0 Å². The van der Waals surface area contributed by atoms with Crippen molar-refractivity contribution in [2.24, 2.45) is 11.8 Å². The van der Waals surface area contributed by atoms with Crippen molar-refractivity contribution < 1.29 is 23.5 Å². The summed E-state index contributed by atoms with van der Waals surface area (Å²) >= 11 is 5.92. The summed E-state index contributed by atoms with van der Waals surface area (Å²) in [6, 6.07) is 4.02. The first-order chi connectivity index (χ1) is 11.9. The number of halogens is 2. The molecule has 2 heterocycles. The van der Waals surface area contributed by atoms with Gasteiger partial charge in [0.2, 0.25) is 5.91 Å². The van der Waals surface area contributed by atoms with Gasteiger partial charge in [-0.15, -0.1) is 0 Å². The van der Waals surface area contributed by atoms with Crippen LogP contribution in [0.5, 0.6) is 5.75 Å². The third-order valence-electron chi connectivity index (χ3n) is 5.11. The van der Waals surface area contributed by atoms with Gasteiger partial charge in [-0.1, -0.05) is 11.6 Å². The van der Waals surface area contributed by atoms with E-state index in [0.717, 1.165) is 0 Å². The number of nitrogens with one attached hydrogen (secondary N) is 1. The first kappa shape index (κ1) is 16.4. The summed E-state index contributed by atoms with van der Waals surface area (Å²) in [6.45, 7) is 2.08. The van der Waals surface area contributed by atoms with Crippen molar-refractivity contribution in [3.05, 3.63) is 29.0 Å². The average Bonchev–Trinajstić information content (AvgIpc) is 2.88. The number of rotatable bonds is 4. The summed E-state index contributed by atoms with van der Waals surface area (Å²) in [4.78, 5) is 25.4. The number of hydrogen-bond donors (Lipinski definition) is 1. The van der Waals surface area contributed by atoms with E-state index in [0.29, 0.717) is 44.9 Å². The summed E-state index contributed by atoms with van der Waals surface area (Å²) in [5.74, 6) is 0.373. The zero-order chi connectivity index (χ0) is 17.6. The van der Waals surface area contributed by atoms with Crippen molar-refractivity contribution in [3.8, 4) is 5.75 Å². The van der Waals surface area contributed by atoms with Crippen LogP contribution in [0.2, 0.25) is 5.02 Å². The highest BCUT2D eigenvalue weighted by molar-refractivity contribution is 6.32. The Morgan fingerprint density at radius 3 is 2.84 bits per heavy atom. The normalized spacial score (nSPS) is 28.2. The fourth-order valence-electron chi connectivity index (χ4n) is 3.68. The quantitative estimate of drug-likeness (QED) is 0.884. The molecule has 0 atom stereocenters. The van der Waals surface area contributed by atoms with E-state index >= 15 is 0 Å². The van der Waals surface area contributed by atoms with Crippen LogP contribution in [0.25, 0.3) is 0 Å². The molecule has 1 spiro atoms. The maximum atomic E-state index is 13.0. The smallest absolute Gasteiger partial charge is 0.407 e. The number of benzene rings is 1. The largest absolute Gasteiger partial charge is 0.492 e. The first-order valence-electron chi connectivity index (χ1n) is 8.26. The standard InChI is InChI=1S/C17H18ClFN2O4/c18-13-3-12(19)1-2-14(13)24-8-10-6-21(7-10)15(22)11-4-17(5-11)9-25-16(23)20-17/h1-3,10-11H,4-9H2,(H,20,23). The highest BCUT2D eigenvalue weighted by Gasteiger charge is 2.54. The van der Waals surface area contributed by atoms with Crippen LogP contribution in [-0.4, -0.2) is 48.7 Å². The molecule has 2 aliphatic heterocycles. The molecular formula is C17H18ClFN2O4. The summed E-state index contributed by atoms with van der Waals surface area (Å²) in [5, 5.41) is 3.04. The Labute approximate surface area is 149 Å². The van der Waals surface area contributed by atoms with E-state index < -0.39 is 11.9 Å². The van der Waals surface area contributed by atoms with Gasteiger partial charge in [-0.2, -0.15) is 0 Å². The molecule has 1 aliphatic carbocycles. The van der Waals surface area contributed by atoms with Gasteiger partial charge in [0.15, 0.2) is 0 Å². The fraction of sp³-hybridized carbons (Fsp3) is 0.529. The van der Waals surface area contributed by atoms with Crippen LogP contribution < -0.4 is 10.1 Å². The van der Waals surface area contributed by atoms with Gasteiger partial charge in [-0.05, 0) is 31.0 Å². The molecule has 0 unspecified atom stereocenters. The van der Waals surface area contributed by atoms with Crippen LogP contribution in [0, 0.1) is 17.7 Å². The van der Waals surface area contributed by atoms with Crippen LogP contribution in [0.1, 0.15) is 12.8 Å². The van der Waals surface area contributed by atoms with Gasteiger partial charge in [0.1, 0.15) is 18.2 Å². The van der Waals surface area contributed by atoms with Gasteiger partial charge >= 0.3 is 6.09 Å². The molecule has 8 heteroatoms. The van der Waals surface area contributed by atoms with E-state index in [-0.39, 0.29) is 28.3 Å². The minimum absolute atomic E-state index is 0.0459. The predicted octanol–water partition coefficient (Wildman–Crippen LogP) is 2.20. The van der Waals surface area contributed by atoms with Gasteiger partial charge in [0.05, 0.1) is 17.2 Å². The number of carbonyl (C=O) groups excluding carboxylic acids is 2. The van der Waals surface area contributed by atoms with E-state index in [9.17, 15) is 14.0 Å². The number of likely N-dealkylation sites (tertiary alicyclic amines) is 1. The van der Waals surface area contributed by atoms with Crippen molar-refractivity contribution in [1.82, 2.24) is 10.2 Å². The lowest BCUT2D eigenvalue weighted by atomic mass is 9.68. The van der Waals surface area contributed by atoms with E-state index in [4.69, 9.17) is 21.1 Å². The number of nitrogens with zero attached hydrogens (tertiary/aromatic N) is 1. The molecular weight excluding hydrogens is 351 g/mol. The SMILES string of the molecule is O=C1NC2(CO1)CC(C(=O)N1CC(COc3ccc(F)cc3Cl)C1)C2. The minimum Gasteiger partial charge on any atom is -0.492 e. The van der Waals surface area contributed by atoms with E-state index in [1.54, 1.807) is 0 Å². The number of alkyl carbamates (subject to hydrolysis) is 1. The Hall–Kier alpha value is -2.02. The van der Waals surface area contributed by atoms with Gasteiger partial charge < -0.3 is 19.7 Å². The highest BCUT2D eigenvalue weighted by Crippen LogP contribution is 2.42. The first-order valence-corrected chi connectivity index (χ1v) is 8.63. The molecule has 0 bridgehead atoms. The lowest BCUT2D eigenvalue weighted by Gasteiger charge is -2.47. The Morgan fingerprint density at radius 1 is 1.44 bits per heavy atom. The molecule has 1 saturated carbocycles. The fourth-order valence-corrected chi connectivity index (χ4v) is 3.91. The average molecular weight is 369 g/mol. The van der Waals surface area contributed by atoms with Gasteiger partial charge in [0, 0.05) is 24.9 Å². The molecule has 134 valence electrons. The van der Waals surface area contributed by atoms with Crippen LogP contribution in [0.3, 0.4) is 0 Å². The monoisotopic (exact) mass is 368 g/mol. The number of carbonyl (C=O) groups is 2. The Morgan fingerprint density at radius 2 is 2.20 bits per heavy atom. The van der Waals surface area contributed by atoms with Gasteiger partial charge in [-0.3, -0.25) is 4.79 Å². The molecule has 2 saturated heterocycles. The Balaban J connectivity index is 1.20. The molecule has 1 aromatic carbocycles. The van der Waals surface area contributed by atoms with E-state index in [1.807, 2.05) is 4.90 Å². The van der Waals surface area contributed by atoms with Crippen LogP contribution in [-0.2, 0) is 9.53 Å². The summed E-state index contributed by atoms with van der Waals surface area (Å²) in [6.07, 6.45) is 0.882. The predicted molar refractivity (Wildman–Crippen MR) is 86.9 cm³/mol. The second-order valence-electron chi connectivity index (χ2n) is 7.08. The van der Waals surface area contributed by atoms with Crippen molar-refractivity contribution >= 4 is 23.6 Å². The maximum absolute atomic E-state index is 13.0. The Bertz CT molecular complexity index is 717. The molecule has 4 rings (SSSR count). The molecule has 25 heavy (non-hydrogen) atoms. The third-order valence-corrected chi connectivity index (χ3v) is 5.40. The third kappa shape index (κ3) is 3.13. The lowest BCUT2D eigenvalue weighted by molar-refractivity contribution is -0.148. The zero-order valence-corrected chi connectivity index (χ0v) is 14.2. The summed E-state index contributed by atoms with van der Waals surface area (Å²) in [5.41, 5.74) is -0.329. The molecule has 1 aromatic rings. The van der Waals surface area contributed by atoms with Crippen molar-refractivity contribution in [3.63, 3.8) is 0 Å². The number of ether oxygens (including phenoxy) is 2. The number of amides is 2. The molecule has 3 aliphatic rings. The van der Waals surface area contributed by atoms with Crippen LogP contribution in [0.15, 0.2) is 18.2 Å². The number of cyclic esters (lactones) is 1. The van der Waals surface area contributed by atoms with Crippen molar-refractivity contribution in [2.45, 2.75) is 18.4 Å². The second kappa shape index (κ2) is 6.05. The second-order valence-corrected chi connectivity index (χ2v) is 7.49. The maximum Gasteiger partial charge on any atom is 0.407 e. The molecule has 6 nitrogen and oxygen atoms in total. The molecule has 1 N–H and O–H groups in total. The minimum atomic E-state index is -0.403. The van der Waals surface area contributed by atoms with Crippen LogP contribution >= 0.6 is 11.6 Å². The zero-order valence-electron chi connectivity index (χ0n) is 13.5.